The number of hydrogen-bond acceptors (Lipinski definition) is 3. The maximum atomic E-state index is 11.5. The van der Waals surface area contributed by atoms with Gasteiger partial charge in [0.05, 0.1) is 6.61 Å². The van der Waals surface area contributed by atoms with Gasteiger partial charge < -0.3 is 20.7 Å². The molecular formula is C19H33IN4O2. The molecule has 26 heavy (non-hydrogen) atoms. The summed E-state index contributed by atoms with van der Waals surface area (Å²) in [4.78, 5) is 15.7. The third kappa shape index (κ3) is 9.26. The molecule has 0 radical (unpaired) electrons. The standard InChI is InChI=1S/C19H32N4O2.HI/c1-6-11-25-17-12-15(4)7-8-16(17)13-23-19(20-5)22-10-9-21-18(24)14(2)3;/h7-8,12,14H,6,9-11,13H2,1-5H3,(H,21,24)(H2,20,22,23);1H. The SMILES string of the molecule is CCCOc1cc(C)ccc1CNC(=NC)NCCNC(=O)C(C)C.I. The van der Waals surface area contributed by atoms with Crippen LogP contribution in [0.2, 0.25) is 0 Å². The summed E-state index contributed by atoms with van der Waals surface area (Å²) in [7, 11) is 1.73. The Morgan fingerprint density at radius 3 is 2.50 bits per heavy atom. The fourth-order valence-electron chi connectivity index (χ4n) is 2.12. The summed E-state index contributed by atoms with van der Waals surface area (Å²) in [6.07, 6.45) is 0.978. The minimum absolute atomic E-state index is 0. The van der Waals surface area contributed by atoms with Crippen molar-refractivity contribution in [1.82, 2.24) is 16.0 Å². The van der Waals surface area contributed by atoms with Crippen molar-refractivity contribution in [2.45, 2.75) is 40.7 Å². The van der Waals surface area contributed by atoms with E-state index >= 15 is 0 Å². The first kappa shape index (κ1) is 24.5. The zero-order valence-electron chi connectivity index (χ0n) is 16.5. The minimum atomic E-state index is 0. The van der Waals surface area contributed by atoms with Crippen molar-refractivity contribution in [2.24, 2.45) is 10.9 Å². The van der Waals surface area contributed by atoms with Crippen LogP contribution >= 0.6 is 24.0 Å². The number of ether oxygens (including phenoxy) is 1. The molecule has 0 saturated carbocycles. The Kier molecular flexibility index (Phi) is 12.9. The molecule has 6 nitrogen and oxygen atoms in total. The van der Waals surface area contributed by atoms with E-state index in [1.165, 1.54) is 5.56 Å². The highest BCUT2D eigenvalue weighted by Gasteiger charge is 2.07. The molecule has 0 aliphatic carbocycles. The summed E-state index contributed by atoms with van der Waals surface area (Å²) in [5.41, 5.74) is 2.27. The van der Waals surface area contributed by atoms with Crippen molar-refractivity contribution >= 4 is 35.8 Å². The van der Waals surface area contributed by atoms with Crippen LogP contribution in [0.1, 0.15) is 38.3 Å². The van der Waals surface area contributed by atoms with Crippen LogP contribution in [-0.4, -0.2) is 38.6 Å². The number of guanidine groups is 1. The Balaban J connectivity index is 0.00000625. The lowest BCUT2D eigenvalue weighted by Gasteiger charge is -2.15. The van der Waals surface area contributed by atoms with E-state index in [9.17, 15) is 4.79 Å². The van der Waals surface area contributed by atoms with Gasteiger partial charge in [-0.1, -0.05) is 32.9 Å². The van der Waals surface area contributed by atoms with Crippen LogP contribution in [0.15, 0.2) is 23.2 Å². The molecule has 0 atom stereocenters. The molecule has 7 heteroatoms. The second-order valence-corrected chi connectivity index (χ2v) is 6.26. The number of amides is 1. The van der Waals surface area contributed by atoms with Gasteiger partial charge in [0.1, 0.15) is 5.75 Å². The van der Waals surface area contributed by atoms with Crippen molar-refractivity contribution in [3.05, 3.63) is 29.3 Å². The van der Waals surface area contributed by atoms with Gasteiger partial charge in [0.15, 0.2) is 5.96 Å². The van der Waals surface area contributed by atoms with Gasteiger partial charge in [-0.15, -0.1) is 24.0 Å². The lowest BCUT2D eigenvalue weighted by atomic mass is 10.1. The van der Waals surface area contributed by atoms with E-state index in [1.807, 2.05) is 13.8 Å². The number of nitrogens with one attached hydrogen (secondary N) is 3. The highest BCUT2D eigenvalue weighted by molar-refractivity contribution is 14.0. The molecule has 148 valence electrons. The average molecular weight is 476 g/mol. The summed E-state index contributed by atoms with van der Waals surface area (Å²) in [5, 5.41) is 9.34. The molecule has 3 N–H and O–H groups in total. The first-order chi connectivity index (χ1) is 12.0. The number of aryl methyl sites for hydroxylation is 1. The lowest BCUT2D eigenvalue weighted by Crippen LogP contribution is -2.41. The van der Waals surface area contributed by atoms with Gasteiger partial charge in [-0.3, -0.25) is 9.79 Å². The van der Waals surface area contributed by atoms with E-state index < -0.39 is 0 Å². The van der Waals surface area contributed by atoms with Crippen LogP contribution in [0, 0.1) is 12.8 Å². The Labute approximate surface area is 174 Å². The Morgan fingerprint density at radius 2 is 1.88 bits per heavy atom. The first-order valence-corrected chi connectivity index (χ1v) is 8.92. The molecular weight excluding hydrogens is 443 g/mol. The highest BCUT2D eigenvalue weighted by atomic mass is 127. The molecule has 1 rings (SSSR count). The fraction of sp³-hybridized carbons (Fsp3) is 0.579. The Bertz CT molecular complexity index is 577. The quantitative estimate of drug-likeness (QED) is 0.222. The first-order valence-electron chi connectivity index (χ1n) is 8.92. The second kappa shape index (κ2) is 13.7. The summed E-state index contributed by atoms with van der Waals surface area (Å²) in [6, 6.07) is 6.21. The van der Waals surface area contributed by atoms with E-state index in [2.05, 4.69) is 53.0 Å². The highest BCUT2D eigenvalue weighted by Crippen LogP contribution is 2.20. The van der Waals surface area contributed by atoms with Crippen molar-refractivity contribution in [2.75, 3.05) is 26.7 Å². The van der Waals surface area contributed by atoms with Gasteiger partial charge in [0.2, 0.25) is 5.91 Å². The molecule has 1 aromatic carbocycles. The minimum Gasteiger partial charge on any atom is -0.493 e. The molecule has 0 heterocycles. The Morgan fingerprint density at radius 1 is 1.19 bits per heavy atom. The van der Waals surface area contributed by atoms with E-state index in [0.717, 1.165) is 17.7 Å². The predicted molar refractivity (Wildman–Crippen MR) is 118 cm³/mol. The predicted octanol–water partition coefficient (Wildman–Crippen LogP) is 2.84. The number of carbonyl (C=O) groups excluding carboxylic acids is 1. The number of halogens is 1. The van der Waals surface area contributed by atoms with Gasteiger partial charge in [-0.25, -0.2) is 0 Å². The molecule has 0 aliphatic rings. The molecule has 1 amide bonds. The van der Waals surface area contributed by atoms with E-state index in [1.54, 1.807) is 7.05 Å². The van der Waals surface area contributed by atoms with Gasteiger partial charge >= 0.3 is 0 Å². The summed E-state index contributed by atoms with van der Waals surface area (Å²) in [6.45, 7) is 10.4. The van der Waals surface area contributed by atoms with Crippen LogP contribution < -0.4 is 20.7 Å². The Hall–Kier alpha value is -1.51. The summed E-state index contributed by atoms with van der Waals surface area (Å²) >= 11 is 0. The van der Waals surface area contributed by atoms with Crippen molar-refractivity contribution in [1.29, 1.82) is 0 Å². The third-order valence-corrected chi connectivity index (χ3v) is 3.60. The average Bonchev–Trinajstić information content (AvgIpc) is 2.60. The summed E-state index contributed by atoms with van der Waals surface area (Å²) < 4.78 is 5.83. The smallest absolute Gasteiger partial charge is 0.222 e. The molecule has 0 bridgehead atoms. The van der Waals surface area contributed by atoms with E-state index in [4.69, 9.17) is 4.74 Å². The second-order valence-electron chi connectivity index (χ2n) is 6.26. The third-order valence-electron chi connectivity index (χ3n) is 3.60. The molecule has 0 saturated heterocycles. The van der Waals surface area contributed by atoms with Gasteiger partial charge in [-0.2, -0.15) is 0 Å². The zero-order valence-corrected chi connectivity index (χ0v) is 18.8. The van der Waals surface area contributed by atoms with Crippen molar-refractivity contribution in [3.8, 4) is 5.75 Å². The van der Waals surface area contributed by atoms with Gasteiger partial charge in [-0.05, 0) is 25.0 Å². The van der Waals surface area contributed by atoms with Crippen LogP contribution in [0.4, 0.5) is 0 Å². The van der Waals surface area contributed by atoms with Crippen LogP contribution in [0.3, 0.4) is 0 Å². The lowest BCUT2D eigenvalue weighted by molar-refractivity contribution is -0.123. The number of nitrogens with zero attached hydrogens (tertiary/aromatic N) is 1. The van der Waals surface area contributed by atoms with Gasteiger partial charge in [0, 0.05) is 38.2 Å². The van der Waals surface area contributed by atoms with E-state index in [-0.39, 0.29) is 35.8 Å². The number of benzene rings is 1. The number of rotatable bonds is 9. The zero-order chi connectivity index (χ0) is 18.7. The van der Waals surface area contributed by atoms with Crippen molar-refractivity contribution < 1.29 is 9.53 Å². The normalized spacial score (nSPS) is 10.9. The maximum absolute atomic E-state index is 11.5. The molecule has 0 spiro atoms. The maximum Gasteiger partial charge on any atom is 0.222 e. The molecule has 0 aromatic heterocycles. The van der Waals surface area contributed by atoms with Gasteiger partial charge in [0.25, 0.3) is 0 Å². The molecule has 0 fully saturated rings. The monoisotopic (exact) mass is 476 g/mol. The fourth-order valence-corrected chi connectivity index (χ4v) is 2.12. The number of aliphatic imine (C=N–C) groups is 1. The number of hydrogen-bond donors (Lipinski definition) is 3. The summed E-state index contributed by atoms with van der Waals surface area (Å²) in [5.74, 6) is 1.66. The molecule has 0 aliphatic heterocycles. The molecule has 1 aromatic rings. The van der Waals surface area contributed by atoms with Crippen LogP contribution in [0.25, 0.3) is 0 Å². The topological polar surface area (TPSA) is 74.8 Å². The van der Waals surface area contributed by atoms with Crippen LogP contribution in [0.5, 0.6) is 5.75 Å². The van der Waals surface area contributed by atoms with Crippen LogP contribution in [-0.2, 0) is 11.3 Å². The van der Waals surface area contributed by atoms with Crippen molar-refractivity contribution in [3.63, 3.8) is 0 Å². The number of carbonyl (C=O) groups is 1. The largest absolute Gasteiger partial charge is 0.493 e. The molecule has 0 unspecified atom stereocenters. The van der Waals surface area contributed by atoms with E-state index in [0.29, 0.717) is 32.2 Å².